The zero-order chi connectivity index (χ0) is 13.0. The summed E-state index contributed by atoms with van der Waals surface area (Å²) in [6.45, 7) is 1.99. The van der Waals surface area contributed by atoms with E-state index in [1.807, 2.05) is 31.2 Å². The molecular weight excluding hydrogens is 246 g/mol. The number of benzene rings is 1. The molecule has 0 saturated carbocycles. The van der Waals surface area contributed by atoms with Crippen molar-refractivity contribution in [3.05, 3.63) is 47.0 Å². The van der Waals surface area contributed by atoms with Crippen LogP contribution in [0.4, 0.5) is 0 Å². The molecule has 96 valence electrons. The molecule has 0 saturated heterocycles. The number of halogens is 1. The number of rotatable bonds is 4. The molecule has 0 spiro atoms. The SMILES string of the molecule is CC(NC(=O)CC1C=CCC1)c1ccc(Cl)cc1. The van der Waals surface area contributed by atoms with Gasteiger partial charge in [-0.05, 0) is 43.4 Å². The van der Waals surface area contributed by atoms with Gasteiger partial charge < -0.3 is 5.32 Å². The summed E-state index contributed by atoms with van der Waals surface area (Å²) in [5.41, 5.74) is 1.08. The normalized spacial score (nSPS) is 19.8. The van der Waals surface area contributed by atoms with Gasteiger partial charge in [0.05, 0.1) is 6.04 Å². The summed E-state index contributed by atoms with van der Waals surface area (Å²) in [6.07, 6.45) is 7.09. The number of hydrogen-bond acceptors (Lipinski definition) is 1. The molecule has 2 atom stereocenters. The van der Waals surface area contributed by atoms with Crippen LogP contribution in [0.3, 0.4) is 0 Å². The Balaban J connectivity index is 1.86. The van der Waals surface area contributed by atoms with Crippen molar-refractivity contribution in [1.82, 2.24) is 5.32 Å². The van der Waals surface area contributed by atoms with Crippen molar-refractivity contribution in [3.8, 4) is 0 Å². The van der Waals surface area contributed by atoms with Crippen molar-refractivity contribution in [1.29, 1.82) is 0 Å². The molecule has 0 fully saturated rings. The molecule has 1 amide bonds. The van der Waals surface area contributed by atoms with E-state index in [4.69, 9.17) is 11.6 Å². The number of nitrogens with one attached hydrogen (secondary N) is 1. The Bertz CT molecular complexity index is 438. The standard InChI is InChI=1S/C15H18ClNO/c1-11(13-6-8-14(16)9-7-13)17-15(18)10-12-4-2-3-5-12/h2,4,6-9,11-12H,3,5,10H2,1H3,(H,17,18). The summed E-state index contributed by atoms with van der Waals surface area (Å²) in [4.78, 5) is 11.9. The van der Waals surface area contributed by atoms with Gasteiger partial charge in [0.15, 0.2) is 0 Å². The second-order valence-corrected chi connectivity index (χ2v) is 5.25. The molecule has 2 nitrogen and oxygen atoms in total. The Labute approximate surface area is 113 Å². The van der Waals surface area contributed by atoms with E-state index in [0.29, 0.717) is 17.4 Å². The first kappa shape index (κ1) is 13.2. The van der Waals surface area contributed by atoms with E-state index < -0.39 is 0 Å². The molecule has 0 aliphatic heterocycles. The molecule has 0 radical (unpaired) electrons. The highest BCUT2D eigenvalue weighted by atomic mass is 35.5. The second-order valence-electron chi connectivity index (χ2n) is 4.81. The fourth-order valence-corrected chi connectivity index (χ4v) is 2.36. The maximum atomic E-state index is 11.9. The molecule has 1 aromatic rings. The second kappa shape index (κ2) is 6.05. The van der Waals surface area contributed by atoms with Gasteiger partial charge in [-0.15, -0.1) is 0 Å². The summed E-state index contributed by atoms with van der Waals surface area (Å²) in [6, 6.07) is 7.62. The third-order valence-electron chi connectivity index (χ3n) is 3.31. The van der Waals surface area contributed by atoms with Crippen molar-refractivity contribution in [3.63, 3.8) is 0 Å². The van der Waals surface area contributed by atoms with E-state index in [9.17, 15) is 4.79 Å². The van der Waals surface area contributed by atoms with Crippen LogP contribution in [-0.2, 0) is 4.79 Å². The van der Waals surface area contributed by atoms with Crippen LogP contribution < -0.4 is 5.32 Å². The Morgan fingerprint density at radius 2 is 2.17 bits per heavy atom. The summed E-state index contributed by atoms with van der Waals surface area (Å²) in [5.74, 6) is 0.538. The summed E-state index contributed by atoms with van der Waals surface area (Å²) in [5, 5.41) is 3.74. The molecule has 1 aliphatic rings. The molecule has 18 heavy (non-hydrogen) atoms. The molecular formula is C15H18ClNO. The number of allylic oxidation sites excluding steroid dienone is 2. The zero-order valence-electron chi connectivity index (χ0n) is 10.5. The third-order valence-corrected chi connectivity index (χ3v) is 3.56. The fraction of sp³-hybridized carbons (Fsp3) is 0.400. The lowest BCUT2D eigenvalue weighted by Crippen LogP contribution is -2.27. The number of amides is 1. The van der Waals surface area contributed by atoms with Gasteiger partial charge in [0, 0.05) is 11.4 Å². The maximum Gasteiger partial charge on any atom is 0.221 e. The number of carbonyl (C=O) groups excluding carboxylic acids is 1. The van der Waals surface area contributed by atoms with E-state index in [1.165, 1.54) is 0 Å². The molecule has 3 heteroatoms. The molecule has 2 unspecified atom stereocenters. The minimum absolute atomic E-state index is 0.0279. The first-order valence-corrected chi connectivity index (χ1v) is 6.74. The Morgan fingerprint density at radius 3 is 2.78 bits per heavy atom. The van der Waals surface area contributed by atoms with Gasteiger partial charge in [-0.1, -0.05) is 35.9 Å². The van der Waals surface area contributed by atoms with E-state index in [2.05, 4.69) is 17.5 Å². The average Bonchev–Trinajstić information content (AvgIpc) is 2.82. The molecule has 1 aromatic carbocycles. The zero-order valence-corrected chi connectivity index (χ0v) is 11.3. The first-order valence-electron chi connectivity index (χ1n) is 6.36. The van der Waals surface area contributed by atoms with Gasteiger partial charge in [0.25, 0.3) is 0 Å². The van der Waals surface area contributed by atoms with Crippen LogP contribution in [0.15, 0.2) is 36.4 Å². The molecule has 1 aliphatic carbocycles. The molecule has 0 heterocycles. The first-order chi connectivity index (χ1) is 8.65. The van der Waals surface area contributed by atoms with Crippen molar-refractivity contribution in [2.75, 3.05) is 0 Å². The minimum atomic E-state index is 0.0279. The van der Waals surface area contributed by atoms with Gasteiger partial charge in [-0.3, -0.25) is 4.79 Å². The topological polar surface area (TPSA) is 29.1 Å². The van der Waals surface area contributed by atoms with Crippen LogP contribution in [-0.4, -0.2) is 5.91 Å². The lowest BCUT2D eigenvalue weighted by molar-refractivity contribution is -0.122. The minimum Gasteiger partial charge on any atom is -0.350 e. The highest BCUT2D eigenvalue weighted by molar-refractivity contribution is 6.30. The van der Waals surface area contributed by atoms with Crippen LogP contribution in [0.1, 0.15) is 37.8 Å². The largest absolute Gasteiger partial charge is 0.350 e. The highest BCUT2D eigenvalue weighted by Gasteiger charge is 2.15. The summed E-state index contributed by atoms with van der Waals surface area (Å²) < 4.78 is 0. The van der Waals surface area contributed by atoms with Crippen molar-refractivity contribution < 1.29 is 4.79 Å². The lowest BCUT2D eigenvalue weighted by atomic mass is 10.0. The van der Waals surface area contributed by atoms with Gasteiger partial charge >= 0.3 is 0 Å². The van der Waals surface area contributed by atoms with Crippen LogP contribution in [0, 0.1) is 5.92 Å². The van der Waals surface area contributed by atoms with Crippen LogP contribution in [0.2, 0.25) is 5.02 Å². The van der Waals surface area contributed by atoms with Gasteiger partial charge in [-0.25, -0.2) is 0 Å². The molecule has 1 N–H and O–H groups in total. The average molecular weight is 264 g/mol. The van der Waals surface area contributed by atoms with Crippen LogP contribution >= 0.6 is 11.6 Å². The van der Waals surface area contributed by atoms with E-state index in [1.54, 1.807) is 0 Å². The molecule has 0 aromatic heterocycles. The van der Waals surface area contributed by atoms with Crippen molar-refractivity contribution >= 4 is 17.5 Å². The van der Waals surface area contributed by atoms with Crippen LogP contribution in [0.25, 0.3) is 0 Å². The van der Waals surface area contributed by atoms with Crippen molar-refractivity contribution in [2.45, 2.75) is 32.2 Å². The Hall–Kier alpha value is -1.28. The maximum absolute atomic E-state index is 11.9. The quantitative estimate of drug-likeness (QED) is 0.821. The van der Waals surface area contributed by atoms with Gasteiger partial charge in [0.2, 0.25) is 5.91 Å². The third kappa shape index (κ3) is 3.61. The Kier molecular flexibility index (Phi) is 4.43. The number of carbonyl (C=O) groups is 1. The molecule has 2 rings (SSSR count). The lowest BCUT2D eigenvalue weighted by Gasteiger charge is -2.15. The van der Waals surface area contributed by atoms with Crippen LogP contribution in [0.5, 0.6) is 0 Å². The predicted octanol–water partition coefficient (Wildman–Crippen LogP) is 3.87. The molecule has 0 bridgehead atoms. The fourth-order valence-electron chi connectivity index (χ4n) is 2.24. The monoisotopic (exact) mass is 263 g/mol. The summed E-state index contributed by atoms with van der Waals surface area (Å²) >= 11 is 5.84. The highest BCUT2D eigenvalue weighted by Crippen LogP contribution is 2.21. The summed E-state index contributed by atoms with van der Waals surface area (Å²) in [7, 11) is 0. The Morgan fingerprint density at radius 1 is 1.44 bits per heavy atom. The number of hydrogen-bond donors (Lipinski definition) is 1. The van der Waals surface area contributed by atoms with E-state index >= 15 is 0 Å². The van der Waals surface area contributed by atoms with E-state index in [-0.39, 0.29) is 11.9 Å². The van der Waals surface area contributed by atoms with Crippen molar-refractivity contribution in [2.24, 2.45) is 5.92 Å². The smallest absolute Gasteiger partial charge is 0.221 e. The van der Waals surface area contributed by atoms with Gasteiger partial charge in [0.1, 0.15) is 0 Å². The predicted molar refractivity (Wildman–Crippen MR) is 74.5 cm³/mol. The van der Waals surface area contributed by atoms with E-state index in [0.717, 1.165) is 18.4 Å². The van der Waals surface area contributed by atoms with Gasteiger partial charge in [-0.2, -0.15) is 0 Å².